The topological polar surface area (TPSA) is 65.8 Å². The predicted molar refractivity (Wildman–Crippen MR) is 111 cm³/mol. The number of likely N-dealkylation sites (N-methyl/N-ethyl adjacent to an activating group) is 1. The maximum Gasteiger partial charge on any atom is 0.341 e. The molecule has 2 heterocycles. The van der Waals surface area contributed by atoms with Crippen LogP contribution in [0.15, 0.2) is 41.3 Å². The largest absolute Gasteiger partial charge is 0.477 e. The summed E-state index contributed by atoms with van der Waals surface area (Å²) in [5.74, 6) is -2.37. The van der Waals surface area contributed by atoms with E-state index in [9.17, 15) is 19.1 Å². The molecule has 2 aromatic carbocycles. The van der Waals surface area contributed by atoms with Crippen molar-refractivity contribution in [2.45, 2.75) is 6.92 Å². The zero-order valence-corrected chi connectivity index (χ0v) is 16.7. The summed E-state index contributed by atoms with van der Waals surface area (Å²) in [7, 11) is 2.00. The maximum atomic E-state index is 15.3. The number of hydrogen-bond donors (Lipinski definition) is 1. The van der Waals surface area contributed by atoms with E-state index in [1.54, 1.807) is 6.07 Å². The molecule has 6 nitrogen and oxygen atoms in total. The summed E-state index contributed by atoms with van der Waals surface area (Å²) >= 11 is 0. The third kappa shape index (κ3) is 3.33. The summed E-state index contributed by atoms with van der Waals surface area (Å²) in [6.07, 6.45) is 1.21. The van der Waals surface area contributed by atoms with Crippen molar-refractivity contribution in [3.63, 3.8) is 0 Å². The molecule has 0 bridgehead atoms. The van der Waals surface area contributed by atoms with E-state index in [4.69, 9.17) is 0 Å². The number of aromatic carboxylic acids is 1. The fraction of sp³-hybridized carbons (Fsp3) is 0.273. The number of carboxylic acid groups (broad SMARTS) is 1. The average Bonchev–Trinajstić information content (AvgIpc) is 2.72. The van der Waals surface area contributed by atoms with Crippen LogP contribution in [0, 0.1) is 18.6 Å². The first-order valence-corrected chi connectivity index (χ1v) is 9.59. The molecule has 8 heteroatoms. The van der Waals surface area contributed by atoms with Crippen molar-refractivity contribution >= 4 is 22.6 Å². The van der Waals surface area contributed by atoms with Gasteiger partial charge in [0.05, 0.1) is 16.6 Å². The van der Waals surface area contributed by atoms with E-state index in [-0.39, 0.29) is 10.9 Å². The van der Waals surface area contributed by atoms with E-state index in [1.807, 2.05) is 11.9 Å². The Morgan fingerprint density at radius 2 is 1.70 bits per heavy atom. The van der Waals surface area contributed by atoms with E-state index >= 15 is 4.39 Å². The number of benzene rings is 2. The molecule has 3 aromatic rings. The zero-order chi connectivity index (χ0) is 21.6. The third-order valence-electron chi connectivity index (χ3n) is 5.63. The van der Waals surface area contributed by atoms with Crippen molar-refractivity contribution in [3.05, 3.63) is 69.5 Å². The fourth-order valence-corrected chi connectivity index (χ4v) is 3.87. The molecule has 0 amide bonds. The molecular weight excluding hydrogens is 392 g/mol. The van der Waals surface area contributed by atoms with Gasteiger partial charge < -0.3 is 19.5 Å². The molecule has 156 valence electrons. The van der Waals surface area contributed by atoms with Crippen LogP contribution in [0.25, 0.3) is 16.6 Å². The second-order valence-electron chi connectivity index (χ2n) is 7.54. The van der Waals surface area contributed by atoms with Gasteiger partial charge in [-0.15, -0.1) is 0 Å². The van der Waals surface area contributed by atoms with E-state index in [0.29, 0.717) is 30.0 Å². The third-order valence-corrected chi connectivity index (χ3v) is 5.63. The highest BCUT2D eigenvalue weighted by molar-refractivity contribution is 5.95. The lowest BCUT2D eigenvalue weighted by Gasteiger charge is -2.34. The minimum atomic E-state index is -1.40. The fourth-order valence-electron chi connectivity index (χ4n) is 3.87. The van der Waals surface area contributed by atoms with Gasteiger partial charge in [-0.3, -0.25) is 4.79 Å². The highest BCUT2D eigenvalue weighted by Gasteiger charge is 2.24. The van der Waals surface area contributed by atoms with Crippen LogP contribution in [0.3, 0.4) is 0 Å². The summed E-state index contributed by atoms with van der Waals surface area (Å²) in [5.41, 5.74) is 0.111. The summed E-state index contributed by atoms with van der Waals surface area (Å²) in [6, 6.07) is 7.05. The number of carboxylic acids is 1. The molecule has 0 aliphatic carbocycles. The van der Waals surface area contributed by atoms with Crippen LogP contribution in [0.4, 0.5) is 14.5 Å². The zero-order valence-electron chi connectivity index (χ0n) is 16.7. The number of anilines is 1. The van der Waals surface area contributed by atoms with Crippen molar-refractivity contribution in [1.29, 1.82) is 0 Å². The van der Waals surface area contributed by atoms with Gasteiger partial charge >= 0.3 is 5.97 Å². The number of piperazine rings is 1. The highest BCUT2D eigenvalue weighted by atomic mass is 19.1. The Kier molecular flexibility index (Phi) is 5.03. The van der Waals surface area contributed by atoms with E-state index in [2.05, 4.69) is 4.90 Å². The standard InChI is InChI=1S/C22H21F2N3O3/c1-13-19-17(11-18(20(13)24)26-9-7-25(2)8-10-26)27(12-16(21(19)28)22(29)30)15-5-3-14(23)4-6-15/h3-6,11-12H,7-10H2,1-2H3,(H,29,30). The Morgan fingerprint density at radius 1 is 1.07 bits per heavy atom. The number of rotatable bonds is 3. The molecule has 1 fully saturated rings. The summed E-state index contributed by atoms with van der Waals surface area (Å²) in [6.45, 7) is 4.30. The average molecular weight is 413 g/mol. The summed E-state index contributed by atoms with van der Waals surface area (Å²) in [4.78, 5) is 28.6. The Bertz CT molecular complexity index is 1200. The van der Waals surface area contributed by atoms with Gasteiger partial charge in [-0.1, -0.05) is 0 Å². The smallest absolute Gasteiger partial charge is 0.341 e. The number of carbonyl (C=O) groups is 1. The Balaban J connectivity index is 2.03. The Hall–Kier alpha value is -3.26. The number of halogens is 2. The molecule has 0 saturated carbocycles. The molecule has 0 unspecified atom stereocenters. The monoisotopic (exact) mass is 413 g/mol. The molecule has 0 atom stereocenters. The number of aromatic nitrogens is 1. The lowest BCUT2D eigenvalue weighted by atomic mass is 10.0. The van der Waals surface area contributed by atoms with E-state index in [0.717, 1.165) is 13.1 Å². The molecule has 1 aliphatic heterocycles. The molecule has 1 saturated heterocycles. The van der Waals surface area contributed by atoms with Crippen LogP contribution in [0.2, 0.25) is 0 Å². The number of fused-ring (bicyclic) bond motifs is 1. The lowest BCUT2D eigenvalue weighted by Crippen LogP contribution is -2.45. The van der Waals surface area contributed by atoms with Crippen LogP contribution in [-0.2, 0) is 0 Å². The van der Waals surface area contributed by atoms with Gasteiger partial charge in [-0.25, -0.2) is 13.6 Å². The molecule has 0 radical (unpaired) electrons. The van der Waals surface area contributed by atoms with Crippen molar-refractivity contribution in [3.8, 4) is 5.69 Å². The van der Waals surface area contributed by atoms with Crippen molar-refractivity contribution in [2.24, 2.45) is 0 Å². The minimum Gasteiger partial charge on any atom is -0.477 e. The van der Waals surface area contributed by atoms with Gasteiger partial charge in [-0.2, -0.15) is 0 Å². The first-order chi connectivity index (χ1) is 14.3. The number of pyridine rings is 1. The number of aryl methyl sites for hydroxylation is 1. The van der Waals surface area contributed by atoms with Crippen molar-refractivity contribution in [2.75, 3.05) is 38.1 Å². The predicted octanol–water partition coefficient (Wildman–Crippen LogP) is 3.03. The normalized spacial score (nSPS) is 15.0. The van der Waals surface area contributed by atoms with E-state index < -0.39 is 28.6 Å². The van der Waals surface area contributed by atoms with Crippen LogP contribution in [0.1, 0.15) is 15.9 Å². The molecule has 1 N–H and O–H groups in total. The SMILES string of the molecule is Cc1c(F)c(N2CCN(C)CC2)cc2c1c(=O)c(C(=O)O)cn2-c1ccc(F)cc1. The molecule has 1 aliphatic rings. The Morgan fingerprint density at radius 3 is 2.30 bits per heavy atom. The second-order valence-corrected chi connectivity index (χ2v) is 7.54. The van der Waals surface area contributed by atoms with Crippen LogP contribution >= 0.6 is 0 Å². The molecule has 1 aromatic heterocycles. The quantitative estimate of drug-likeness (QED) is 0.715. The van der Waals surface area contributed by atoms with Gasteiger partial charge in [0, 0.05) is 43.6 Å². The van der Waals surface area contributed by atoms with Gasteiger partial charge in [0.25, 0.3) is 0 Å². The number of nitrogens with zero attached hydrogens (tertiary/aromatic N) is 3. The molecule has 0 spiro atoms. The van der Waals surface area contributed by atoms with Crippen molar-refractivity contribution in [1.82, 2.24) is 9.47 Å². The maximum absolute atomic E-state index is 15.3. The summed E-state index contributed by atoms with van der Waals surface area (Å²) in [5, 5.41) is 9.51. The summed E-state index contributed by atoms with van der Waals surface area (Å²) < 4.78 is 30.2. The van der Waals surface area contributed by atoms with Crippen LogP contribution in [-0.4, -0.2) is 53.8 Å². The lowest BCUT2D eigenvalue weighted by molar-refractivity contribution is 0.0695. The first kappa shape index (κ1) is 20.0. The molecular formula is C22H21F2N3O3. The molecule has 4 rings (SSSR count). The van der Waals surface area contributed by atoms with Crippen LogP contribution < -0.4 is 10.3 Å². The van der Waals surface area contributed by atoms with Gasteiger partial charge in [0.2, 0.25) is 5.43 Å². The Labute approximate surface area is 171 Å². The van der Waals surface area contributed by atoms with E-state index in [1.165, 1.54) is 42.0 Å². The highest BCUT2D eigenvalue weighted by Crippen LogP contribution is 2.31. The number of hydrogen-bond acceptors (Lipinski definition) is 4. The second kappa shape index (κ2) is 7.53. The first-order valence-electron chi connectivity index (χ1n) is 9.59. The van der Waals surface area contributed by atoms with Crippen LogP contribution in [0.5, 0.6) is 0 Å². The minimum absolute atomic E-state index is 0.00889. The van der Waals surface area contributed by atoms with Gasteiger partial charge in [-0.05, 0) is 44.3 Å². The van der Waals surface area contributed by atoms with Crippen molar-refractivity contribution < 1.29 is 18.7 Å². The van der Waals surface area contributed by atoms with Gasteiger partial charge in [0.15, 0.2) is 0 Å². The van der Waals surface area contributed by atoms with Gasteiger partial charge in [0.1, 0.15) is 17.2 Å². The molecule has 30 heavy (non-hydrogen) atoms.